The maximum absolute atomic E-state index is 11.6. The Bertz CT molecular complexity index is 391. The summed E-state index contributed by atoms with van der Waals surface area (Å²) in [6.07, 6.45) is 2.00. The van der Waals surface area contributed by atoms with Crippen molar-refractivity contribution in [3.8, 4) is 0 Å². The van der Waals surface area contributed by atoms with Gasteiger partial charge in [-0.2, -0.15) is 0 Å². The van der Waals surface area contributed by atoms with Gasteiger partial charge in [0.2, 0.25) is 0 Å². The molecule has 0 aliphatic carbocycles. The topological polar surface area (TPSA) is 59.8 Å². The molecule has 2 heterocycles. The summed E-state index contributed by atoms with van der Waals surface area (Å²) >= 11 is 0. The second-order valence-electron chi connectivity index (χ2n) is 4.11. The van der Waals surface area contributed by atoms with E-state index in [2.05, 4.69) is 4.74 Å². The summed E-state index contributed by atoms with van der Waals surface area (Å²) in [6.45, 7) is 1.69. The van der Waals surface area contributed by atoms with Gasteiger partial charge < -0.3 is 9.15 Å². The Morgan fingerprint density at radius 3 is 3.12 bits per heavy atom. The number of furan rings is 1. The largest absolute Gasteiger partial charge is 0.468 e. The number of rotatable bonds is 3. The van der Waals surface area contributed by atoms with Crippen molar-refractivity contribution in [2.45, 2.75) is 13.0 Å². The first-order valence-electron chi connectivity index (χ1n) is 5.56. The lowest BCUT2D eigenvalue weighted by Crippen LogP contribution is -2.44. The zero-order valence-corrected chi connectivity index (χ0v) is 9.72. The molecule has 0 aromatic carbocycles. The molecule has 0 spiro atoms. The van der Waals surface area contributed by atoms with Gasteiger partial charge in [-0.1, -0.05) is 0 Å². The Morgan fingerprint density at radius 1 is 1.65 bits per heavy atom. The van der Waals surface area contributed by atoms with E-state index in [-0.39, 0.29) is 5.78 Å². The molecule has 1 saturated heterocycles. The fourth-order valence-electron chi connectivity index (χ4n) is 2.01. The van der Waals surface area contributed by atoms with E-state index in [4.69, 9.17) is 4.42 Å². The monoisotopic (exact) mass is 237 g/mol. The molecule has 1 atom stereocenters. The van der Waals surface area contributed by atoms with Gasteiger partial charge in [0.1, 0.15) is 17.5 Å². The summed E-state index contributed by atoms with van der Waals surface area (Å²) in [6, 6.07) is 3.70. The van der Waals surface area contributed by atoms with Gasteiger partial charge in [0.25, 0.3) is 0 Å². The van der Waals surface area contributed by atoms with Crippen molar-refractivity contribution in [1.82, 2.24) is 4.90 Å². The van der Waals surface area contributed by atoms with Crippen LogP contribution in [0.2, 0.25) is 0 Å². The van der Waals surface area contributed by atoms with Crippen molar-refractivity contribution < 1.29 is 18.7 Å². The van der Waals surface area contributed by atoms with Crippen molar-refractivity contribution in [3.63, 3.8) is 0 Å². The van der Waals surface area contributed by atoms with E-state index in [1.54, 1.807) is 6.26 Å². The number of likely N-dealkylation sites (tertiary alicyclic amines) is 1. The second-order valence-corrected chi connectivity index (χ2v) is 4.11. The van der Waals surface area contributed by atoms with Gasteiger partial charge in [0.05, 0.1) is 19.9 Å². The molecule has 1 aliphatic heterocycles. The Kier molecular flexibility index (Phi) is 3.58. The molecule has 0 unspecified atom stereocenters. The van der Waals surface area contributed by atoms with Crippen molar-refractivity contribution in [1.29, 1.82) is 0 Å². The fraction of sp³-hybridized carbons (Fsp3) is 0.500. The Balaban J connectivity index is 1.98. The molecule has 1 aliphatic rings. The van der Waals surface area contributed by atoms with Crippen LogP contribution in [-0.2, 0) is 20.9 Å². The molecule has 5 heteroatoms. The van der Waals surface area contributed by atoms with E-state index >= 15 is 0 Å². The number of methoxy groups -OCH3 is 1. The number of esters is 1. The van der Waals surface area contributed by atoms with Gasteiger partial charge >= 0.3 is 5.97 Å². The van der Waals surface area contributed by atoms with Gasteiger partial charge in [-0.3, -0.25) is 14.5 Å². The predicted octanol–water partition coefficient (Wildman–Crippen LogP) is 0.844. The average molecular weight is 237 g/mol. The Hall–Kier alpha value is -1.62. The summed E-state index contributed by atoms with van der Waals surface area (Å²) in [5.41, 5.74) is 0. The molecule has 1 aromatic heterocycles. The lowest BCUT2D eigenvalue weighted by atomic mass is 9.96. The first kappa shape index (κ1) is 11.9. The molecular formula is C12H15NO4. The maximum atomic E-state index is 11.6. The lowest BCUT2D eigenvalue weighted by Gasteiger charge is -2.29. The van der Waals surface area contributed by atoms with Crippen molar-refractivity contribution in [2.24, 2.45) is 5.92 Å². The van der Waals surface area contributed by atoms with E-state index in [0.717, 1.165) is 5.76 Å². The lowest BCUT2D eigenvalue weighted by molar-refractivity contribution is -0.152. The summed E-state index contributed by atoms with van der Waals surface area (Å²) in [7, 11) is 1.31. The van der Waals surface area contributed by atoms with E-state index in [1.807, 2.05) is 17.0 Å². The van der Waals surface area contributed by atoms with Crippen LogP contribution in [0.4, 0.5) is 0 Å². The van der Waals surface area contributed by atoms with Crippen LogP contribution < -0.4 is 0 Å². The van der Waals surface area contributed by atoms with Crippen LogP contribution in [0.1, 0.15) is 12.2 Å². The van der Waals surface area contributed by atoms with Crippen LogP contribution in [0.25, 0.3) is 0 Å². The molecular weight excluding hydrogens is 222 g/mol. The van der Waals surface area contributed by atoms with Gasteiger partial charge in [-0.25, -0.2) is 0 Å². The van der Waals surface area contributed by atoms with Crippen LogP contribution in [0.5, 0.6) is 0 Å². The van der Waals surface area contributed by atoms with E-state index in [9.17, 15) is 9.59 Å². The number of carbonyl (C=O) groups excluding carboxylic acids is 2. The molecule has 17 heavy (non-hydrogen) atoms. The third-order valence-electron chi connectivity index (χ3n) is 2.95. The molecule has 0 bridgehead atoms. The number of piperidine rings is 1. The highest BCUT2D eigenvalue weighted by Crippen LogP contribution is 2.17. The van der Waals surface area contributed by atoms with Gasteiger partial charge in [-0.05, 0) is 12.1 Å². The highest BCUT2D eigenvalue weighted by Gasteiger charge is 2.33. The molecule has 1 fully saturated rings. The minimum absolute atomic E-state index is 0.0347. The third kappa shape index (κ3) is 2.74. The summed E-state index contributed by atoms with van der Waals surface area (Å²) in [5, 5.41) is 0. The first-order chi connectivity index (χ1) is 8.20. The zero-order chi connectivity index (χ0) is 12.3. The predicted molar refractivity (Wildman–Crippen MR) is 59.1 cm³/mol. The van der Waals surface area contributed by atoms with Crippen LogP contribution >= 0.6 is 0 Å². The number of ether oxygens (including phenoxy) is 1. The molecule has 0 N–H and O–H groups in total. The van der Waals surface area contributed by atoms with Gasteiger partial charge in [-0.15, -0.1) is 0 Å². The van der Waals surface area contributed by atoms with Crippen molar-refractivity contribution in [2.75, 3.05) is 20.2 Å². The molecule has 1 aromatic rings. The molecule has 0 amide bonds. The van der Waals surface area contributed by atoms with Crippen LogP contribution in [0.15, 0.2) is 22.8 Å². The second kappa shape index (κ2) is 5.14. The van der Waals surface area contributed by atoms with Crippen LogP contribution in [-0.4, -0.2) is 36.9 Å². The number of ketones is 1. The van der Waals surface area contributed by atoms with E-state index < -0.39 is 11.9 Å². The normalized spacial score (nSPS) is 21.5. The number of hydrogen-bond donors (Lipinski definition) is 0. The number of hydrogen-bond acceptors (Lipinski definition) is 5. The molecule has 92 valence electrons. The smallest absolute Gasteiger partial charge is 0.317 e. The number of carbonyl (C=O) groups is 2. The fourth-order valence-corrected chi connectivity index (χ4v) is 2.01. The van der Waals surface area contributed by atoms with Crippen LogP contribution in [0.3, 0.4) is 0 Å². The summed E-state index contributed by atoms with van der Waals surface area (Å²) in [4.78, 5) is 25.1. The van der Waals surface area contributed by atoms with E-state index in [0.29, 0.717) is 26.1 Å². The average Bonchev–Trinajstić information content (AvgIpc) is 2.83. The number of Topliss-reactive ketones (excluding diaryl/α,β-unsaturated/α-hetero) is 1. The highest BCUT2D eigenvalue weighted by atomic mass is 16.5. The Morgan fingerprint density at radius 2 is 2.47 bits per heavy atom. The third-order valence-corrected chi connectivity index (χ3v) is 2.95. The molecule has 2 rings (SSSR count). The van der Waals surface area contributed by atoms with Crippen LogP contribution in [0, 0.1) is 5.92 Å². The SMILES string of the molecule is COC(=O)[C@H]1CN(Cc2ccco2)CCC1=O. The maximum Gasteiger partial charge on any atom is 0.317 e. The highest BCUT2D eigenvalue weighted by molar-refractivity contribution is 5.99. The standard InChI is InChI=1S/C12H15NO4/c1-16-12(15)10-8-13(5-4-11(10)14)7-9-3-2-6-17-9/h2-3,6,10H,4-5,7-8H2,1H3/t10-/m0/s1. The number of nitrogens with zero attached hydrogens (tertiary/aromatic N) is 1. The zero-order valence-electron chi connectivity index (χ0n) is 9.72. The first-order valence-corrected chi connectivity index (χ1v) is 5.56. The molecule has 0 radical (unpaired) electrons. The minimum Gasteiger partial charge on any atom is -0.468 e. The quantitative estimate of drug-likeness (QED) is 0.576. The van der Waals surface area contributed by atoms with E-state index in [1.165, 1.54) is 7.11 Å². The summed E-state index contributed by atoms with van der Waals surface area (Å²) in [5.74, 6) is -0.293. The molecule has 0 saturated carbocycles. The summed E-state index contributed by atoms with van der Waals surface area (Å²) < 4.78 is 9.88. The Labute approximate surface area is 99.3 Å². The van der Waals surface area contributed by atoms with Crippen molar-refractivity contribution >= 4 is 11.8 Å². The molecule has 5 nitrogen and oxygen atoms in total. The minimum atomic E-state index is -0.649. The van der Waals surface area contributed by atoms with Gasteiger partial charge in [0, 0.05) is 19.5 Å². The van der Waals surface area contributed by atoms with Crippen molar-refractivity contribution in [3.05, 3.63) is 24.2 Å². The van der Waals surface area contributed by atoms with Gasteiger partial charge in [0.15, 0.2) is 0 Å².